The summed E-state index contributed by atoms with van der Waals surface area (Å²) in [5, 5.41) is 0. The first-order valence-corrected chi connectivity index (χ1v) is 7.05. The van der Waals surface area contributed by atoms with E-state index in [9.17, 15) is 9.59 Å². The Balaban J connectivity index is 2.19. The van der Waals surface area contributed by atoms with E-state index in [0.29, 0.717) is 0 Å². The first-order chi connectivity index (χ1) is 9.19. The van der Waals surface area contributed by atoms with Crippen LogP contribution in [0.3, 0.4) is 0 Å². The average molecular weight is 281 g/mol. The van der Waals surface area contributed by atoms with Gasteiger partial charge in [-0.1, -0.05) is 0 Å². The summed E-state index contributed by atoms with van der Waals surface area (Å²) in [6.45, 7) is 7.03. The molecule has 1 saturated heterocycles. The molecule has 0 unspecified atom stereocenters. The minimum absolute atomic E-state index is 0.0945. The lowest BCUT2D eigenvalue weighted by Gasteiger charge is -2.34. The van der Waals surface area contributed by atoms with Gasteiger partial charge in [0.1, 0.15) is 11.6 Å². The number of piperidine rings is 1. The van der Waals surface area contributed by atoms with Gasteiger partial charge in [-0.25, -0.2) is 4.79 Å². The maximum Gasteiger partial charge on any atom is 0.411 e. The number of fused-ring (bicyclic) bond motifs is 2. The second kappa shape index (κ2) is 5.07. The third-order valence-corrected chi connectivity index (χ3v) is 3.73. The lowest BCUT2D eigenvalue weighted by atomic mass is 9.98. The second-order valence-electron chi connectivity index (χ2n) is 6.65. The van der Waals surface area contributed by atoms with Crippen molar-refractivity contribution in [2.75, 3.05) is 0 Å². The minimum Gasteiger partial charge on any atom is -0.444 e. The van der Waals surface area contributed by atoms with Crippen LogP contribution in [0.15, 0.2) is 4.99 Å². The Hall–Kier alpha value is -1.59. The van der Waals surface area contributed by atoms with Gasteiger partial charge in [-0.05, 0) is 52.9 Å². The predicted octanol–water partition coefficient (Wildman–Crippen LogP) is 1.68. The molecule has 2 bridgehead atoms. The molecule has 3 atom stereocenters. The van der Waals surface area contributed by atoms with E-state index in [4.69, 9.17) is 10.5 Å². The Labute approximate surface area is 119 Å². The van der Waals surface area contributed by atoms with Crippen LogP contribution < -0.4 is 5.73 Å². The number of likely N-dealkylation sites (tertiary alicyclic amines) is 1. The number of ether oxygens (including phenoxy) is 1. The lowest BCUT2D eigenvalue weighted by molar-refractivity contribution is -0.124. The molecule has 112 valence electrons. The van der Waals surface area contributed by atoms with Gasteiger partial charge in [0, 0.05) is 6.04 Å². The number of nitrogens with zero attached hydrogens (tertiary/aromatic N) is 2. The summed E-state index contributed by atoms with van der Waals surface area (Å²) in [6, 6.07) is -0.417. The highest BCUT2D eigenvalue weighted by atomic mass is 16.6. The van der Waals surface area contributed by atoms with Gasteiger partial charge >= 0.3 is 6.09 Å². The standard InChI is InChI=1S/C14H23N3O3/c1-8(15)16-12(18)11-9-5-6-10(7-9)17(11)13(19)20-14(2,3)4/h9-11H,5-7H2,1-4H3,(H2,15,16,18)/t9-,10+,11-/m0/s1. The fraction of sp³-hybridized carbons (Fsp3) is 0.786. The van der Waals surface area contributed by atoms with Crippen LogP contribution in [0, 0.1) is 5.92 Å². The largest absolute Gasteiger partial charge is 0.444 e. The van der Waals surface area contributed by atoms with Crippen LogP contribution in [-0.2, 0) is 9.53 Å². The maximum absolute atomic E-state index is 12.3. The molecule has 0 aromatic heterocycles. The zero-order chi connectivity index (χ0) is 15.1. The predicted molar refractivity (Wildman–Crippen MR) is 75.3 cm³/mol. The molecule has 0 spiro atoms. The van der Waals surface area contributed by atoms with Gasteiger partial charge in [0.15, 0.2) is 0 Å². The second-order valence-corrected chi connectivity index (χ2v) is 6.65. The van der Waals surface area contributed by atoms with Crippen LogP contribution in [-0.4, -0.2) is 40.4 Å². The van der Waals surface area contributed by atoms with Crippen molar-refractivity contribution in [3.63, 3.8) is 0 Å². The molecule has 2 fully saturated rings. The molecule has 0 aromatic carbocycles. The lowest BCUT2D eigenvalue weighted by Crippen LogP contribution is -2.50. The number of hydrogen-bond donors (Lipinski definition) is 1. The highest BCUT2D eigenvalue weighted by Crippen LogP contribution is 2.43. The normalized spacial score (nSPS) is 29.7. The molecule has 0 radical (unpaired) electrons. The van der Waals surface area contributed by atoms with Gasteiger partial charge in [0.2, 0.25) is 0 Å². The first-order valence-electron chi connectivity index (χ1n) is 7.05. The average Bonchev–Trinajstić information content (AvgIpc) is 2.84. The molecule has 2 amide bonds. The van der Waals surface area contributed by atoms with Crippen molar-refractivity contribution < 1.29 is 14.3 Å². The van der Waals surface area contributed by atoms with Gasteiger partial charge < -0.3 is 10.5 Å². The number of amidine groups is 1. The van der Waals surface area contributed by atoms with Gasteiger partial charge in [0.05, 0.1) is 5.84 Å². The monoisotopic (exact) mass is 281 g/mol. The number of carbonyl (C=O) groups excluding carboxylic acids is 2. The van der Waals surface area contributed by atoms with Crippen molar-refractivity contribution >= 4 is 17.8 Å². The Morgan fingerprint density at radius 2 is 1.95 bits per heavy atom. The van der Waals surface area contributed by atoms with Crippen molar-refractivity contribution in [2.24, 2.45) is 16.6 Å². The summed E-state index contributed by atoms with van der Waals surface area (Å²) < 4.78 is 5.41. The molecule has 6 heteroatoms. The molecule has 2 N–H and O–H groups in total. The van der Waals surface area contributed by atoms with E-state index in [0.717, 1.165) is 19.3 Å². The van der Waals surface area contributed by atoms with Crippen molar-refractivity contribution in [1.82, 2.24) is 4.90 Å². The van der Waals surface area contributed by atoms with Crippen LogP contribution >= 0.6 is 0 Å². The summed E-state index contributed by atoms with van der Waals surface area (Å²) in [5.74, 6) is 0.0769. The van der Waals surface area contributed by atoms with E-state index in [2.05, 4.69) is 4.99 Å². The quantitative estimate of drug-likeness (QED) is 0.585. The minimum atomic E-state index is -0.570. The first kappa shape index (κ1) is 14.8. The molecule has 1 heterocycles. The topological polar surface area (TPSA) is 85.0 Å². The van der Waals surface area contributed by atoms with Crippen LogP contribution in [0.25, 0.3) is 0 Å². The van der Waals surface area contributed by atoms with E-state index in [1.165, 1.54) is 0 Å². The van der Waals surface area contributed by atoms with Crippen LogP contribution in [0.1, 0.15) is 47.0 Å². The smallest absolute Gasteiger partial charge is 0.411 e. The van der Waals surface area contributed by atoms with Gasteiger partial charge in [-0.15, -0.1) is 0 Å². The number of aliphatic imine (C=N–C) groups is 1. The Morgan fingerprint density at radius 3 is 2.50 bits per heavy atom. The summed E-state index contributed by atoms with van der Waals surface area (Å²) >= 11 is 0. The molecule has 2 rings (SSSR count). The van der Waals surface area contributed by atoms with E-state index >= 15 is 0 Å². The van der Waals surface area contributed by atoms with Crippen LogP contribution in [0.4, 0.5) is 4.79 Å². The molecule has 6 nitrogen and oxygen atoms in total. The molecule has 1 aliphatic heterocycles. The summed E-state index contributed by atoms with van der Waals surface area (Å²) in [6.07, 6.45) is 2.32. The Bertz CT molecular complexity index is 449. The zero-order valence-electron chi connectivity index (χ0n) is 12.5. The Kier molecular flexibility index (Phi) is 3.75. The number of nitrogens with two attached hydrogens (primary N) is 1. The fourth-order valence-corrected chi connectivity index (χ4v) is 3.12. The van der Waals surface area contributed by atoms with E-state index in [1.807, 2.05) is 20.8 Å². The highest BCUT2D eigenvalue weighted by Gasteiger charge is 2.52. The van der Waals surface area contributed by atoms with Gasteiger partial charge in [-0.3, -0.25) is 9.69 Å². The van der Waals surface area contributed by atoms with Crippen molar-refractivity contribution in [1.29, 1.82) is 0 Å². The third-order valence-electron chi connectivity index (χ3n) is 3.73. The van der Waals surface area contributed by atoms with Crippen molar-refractivity contribution in [2.45, 2.75) is 64.6 Å². The number of carbonyl (C=O) groups is 2. The van der Waals surface area contributed by atoms with E-state index in [1.54, 1.807) is 11.8 Å². The van der Waals surface area contributed by atoms with Gasteiger partial charge in [0.25, 0.3) is 5.91 Å². The van der Waals surface area contributed by atoms with Crippen LogP contribution in [0.2, 0.25) is 0 Å². The third kappa shape index (κ3) is 2.94. The van der Waals surface area contributed by atoms with E-state index < -0.39 is 17.7 Å². The molecule has 0 aromatic rings. The molecule has 2 aliphatic rings. The van der Waals surface area contributed by atoms with Crippen LogP contribution in [0.5, 0.6) is 0 Å². The molecule has 1 saturated carbocycles. The molecular formula is C14H23N3O3. The SMILES string of the molecule is CC(N)=NC(=O)[C@@H]1[C@H]2CC[C@H](C2)N1C(=O)OC(C)(C)C. The molecule has 20 heavy (non-hydrogen) atoms. The van der Waals surface area contributed by atoms with Crippen molar-refractivity contribution in [3.8, 4) is 0 Å². The fourth-order valence-electron chi connectivity index (χ4n) is 3.12. The molecule has 1 aliphatic carbocycles. The highest BCUT2D eigenvalue weighted by molar-refractivity contribution is 5.96. The van der Waals surface area contributed by atoms with Gasteiger partial charge in [-0.2, -0.15) is 4.99 Å². The summed E-state index contributed by atoms with van der Waals surface area (Å²) in [5.41, 5.74) is 4.91. The number of hydrogen-bond acceptors (Lipinski definition) is 3. The summed E-state index contributed by atoms with van der Waals surface area (Å²) in [7, 11) is 0. The molecular weight excluding hydrogens is 258 g/mol. The summed E-state index contributed by atoms with van der Waals surface area (Å²) in [4.78, 5) is 29.9. The number of rotatable bonds is 1. The van der Waals surface area contributed by atoms with Crippen molar-refractivity contribution in [3.05, 3.63) is 0 Å². The maximum atomic E-state index is 12.3. The zero-order valence-corrected chi connectivity index (χ0v) is 12.5. The van der Waals surface area contributed by atoms with E-state index in [-0.39, 0.29) is 23.7 Å². The Morgan fingerprint density at radius 1 is 1.30 bits per heavy atom. The number of amides is 2.